The molecule has 49 heteroatoms. The lowest BCUT2D eigenvalue weighted by atomic mass is 9.87. The molecule has 52 atom stereocenters. The van der Waals surface area contributed by atoms with Gasteiger partial charge in [0.05, 0.1) is 120 Å². The number of carboxylic acids is 1. The lowest BCUT2D eigenvalue weighted by molar-refractivity contribution is -0.403. The summed E-state index contributed by atoms with van der Waals surface area (Å²) in [5, 5.41) is 310. The highest BCUT2D eigenvalue weighted by Gasteiger charge is 2.62. The van der Waals surface area contributed by atoms with Crippen LogP contribution in [0.15, 0.2) is 0 Å². The highest BCUT2D eigenvalue weighted by molar-refractivity contribution is 5.76. The lowest BCUT2D eigenvalue weighted by Gasteiger charge is -2.51. The first-order valence-electron chi connectivity index (χ1n) is 39.0. The average molecular weight is 1730 g/mol. The van der Waals surface area contributed by atoms with Gasteiger partial charge in [-0.3, -0.25) is 0 Å². The fourth-order valence-corrected chi connectivity index (χ4v) is 16.3. The van der Waals surface area contributed by atoms with E-state index in [0.29, 0.717) is 0 Å². The molecule has 0 bridgehead atoms. The molecule has 0 spiro atoms. The largest absolute Gasteiger partial charge is 0.477 e. The van der Waals surface area contributed by atoms with Gasteiger partial charge in [-0.2, -0.15) is 0 Å². The Morgan fingerprint density at radius 1 is 0.364 bits per heavy atom. The van der Waals surface area contributed by atoms with E-state index in [9.17, 15) is 148 Å². The average Bonchev–Trinajstić information content (AvgIpc) is 0.740. The van der Waals surface area contributed by atoms with Gasteiger partial charge in [0.2, 0.25) is 0 Å². The Balaban J connectivity index is 0.890. The summed E-state index contributed by atoms with van der Waals surface area (Å²) in [7, 11) is 0. The Morgan fingerprint density at radius 3 is 1.17 bits per heavy atom. The number of carboxylic acid groups (broad SMARTS) is 1. The van der Waals surface area contributed by atoms with Gasteiger partial charge in [-0.1, -0.05) is 27.7 Å². The van der Waals surface area contributed by atoms with Gasteiger partial charge in [-0.15, -0.1) is 0 Å². The van der Waals surface area contributed by atoms with Crippen LogP contribution in [0.1, 0.15) is 48.0 Å². The van der Waals surface area contributed by atoms with Crippen LogP contribution >= 0.6 is 0 Å². The molecule has 21 unspecified atom stereocenters. The Kier molecular flexibility index (Phi) is 34.4. The predicted molar refractivity (Wildman–Crippen MR) is 369 cm³/mol. The van der Waals surface area contributed by atoms with Crippen LogP contribution in [-0.4, -0.2) is 497 Å². The molecule has 10 saturated heterocycles. The zero-order valence-corrected chi connectivity index (χ0v) is 64.8. The van der Waals surface area contributed by atoms with E-state index in [1.165, 1.54) is 27.7 Å². The molecule has 0 amide bonds. The SMILES string of the molecule is CC1C(O)[C@H](O[C@@H]2OC(CO)[C@H](O)C(O)[C@@H]2O)[C@H](CO)O[C@H]1O[C@@H]1C(O)[C@H](O)C(CO)O[C@@H]1OCC1O[C@@H](O[C@@H]2C(CO)O[C@@H](O[C@@H]3C(CO)O[C@@H](C)[C@@H](C)C3O)[C@@H](C)C2O)[C@H](O)C(O[C@H]2O[C@H](CO)[C@@H](O)C(O)C2O[C@@H]2OC(CO)[C@@H](OC3OC(C)[C@H](C(O)O[C@]4(C(=O)O)C[C@@H](O)[C@@H](N)C(C(O)[C@H](O)CO)O4)[C@H](O)[C@@H]3O)C(O)[C@@H]2C)[C@@H]1O. The fraction of sp³-hybridized carbons (Fsp3) is 0.986. The molecule has 49 nitrogen and oxygen atoms in total. The molecule has 30 N–H and O–H groups in total. The van der Waals surface area contributed by atoms with Crippen LogP contribution in [-0.2, 0) is 94.8 Å². The van der Waals surface area contributed by atoms with E-state index in [1.807, 2.05) is 0 Å². The van der Waals surface area contributed by atoms with Gasteiger partial charge in [0.25, 0.3) is 5.79 Å². The molecule has 10 heterocycles. The second-order valence-electron chi connectivity index (χ2n) is 31.8. The molecular formula is C69H119NO48. The van der Waals surface area contributed by atoms with Crippen molar-refractivity contribution in [2.75, 3.05) is 59.5 Å². The minimum atomic E-state index is -3.09. The molecule has 688 valence electrons. The molecule has 0 aromatic carbocycles. The van der Waals surface area contributed by atoms with Gasteiger partial charge < -0.3 is 239 Å². The van der Waals surface area contributed by atoms with Crippen molar-refractivity contribution in [3.05, 3.63) is 0 Å². The van der Waals surface area contributed by atoms with E-state index < -0.39 is 390 Å². The first-order valence-corrected chi connectivity index (χ1v) is 39.0. The Bertz CT molecular complexity index is 3060. The molecule has 0 saturated carbocycles. The van der Waals surface area contributed by atoms with E-state index in [0.717, 1.165) is 0 Å². The van der Waals surface area contributed by atoms with Crippen LogP contribution in [0, 0.1) is 29.6 Å². The molecule has 10 rings (SSSR count). The summed E-state index contributed by atoms with van der Waals surface area (Å²) < 4.78 is 114. The Morgan fingerprint density at radius 2 is 0.720 bits per heavy atom. The summed E-state index contributed by atoms with van der Waals surface area (Å²) in [6.45, 7) is -0.318. The summed E-state index contributed by atoms with van der Waals surface area (Å²) in [5.74, 6) is -11.4. The van der Waals surface area contributed by atoms with Crippen LogP contribution in [0.5, 0.6) is 0 Å². The first-order chi connectivity index (χ1) is 55.7. The van der Waals surface area contributed by atoms with Gasteiger partial charge in [0.15, 0.2) is 56.6 Å². The smallest absolute Gasteiger partial charge is 0.364 e. The minimum absolute atomic E-state index is 0.552. The number of aliphatic carboxylic acids is 1. The van der Waals surface area contributed by atoms with E-state index >= 15 is 0 Å². The highest BCUT2D eigenvalue weighted by Crippen LogP contribution is 2.44. The highest BCUT2D eigenvalue weighted by atomic mass is 16.8. The monoisotopic (exact) mass is 1730 g/mol. The number of nitrogens with two attached hydrogens (primary N) is 1. The maximum absolute atomic E-state index is 12.8. The molecule has 10 fully saturated rings. The maximum Gasteiger partial charge on any atom is 0.364 e. The van der Waals surface area contributed by atoms with E-state index in [4.69, 9.17) is 95.7 Å². The van der Waals surface area contributed by atoms with Gasteiger partial charge in [-0.05, 0) is 13.8 Å². The second-order valence-corrected chi connectivity index (χ2v) is 31.8. The summed E-state index contributed by atoms with van der Waals surface area (Å²) in [6.07, 6.45) is -85.3. The number of carbonyl (C=O) groups is 1. The Hall–Kier alpha value is -2.41. The number of hydrogen-bond donors (Lipinski definition) is 29. The first kappa shape index (κ1) is 97.8. The van der Waals surface area contributed by atoms with Gasteiger partial charge in [0, 0.05) is 30.1 Å². The van der Waals surface area contributed by atoms with Crippen molar-refractivity contribution in [1.29, 1.82) is 0 Å². The second kappa shape index (κ2) is 41.6. The number of ether oxygens (including phenoxy) is 19. The van der Waals surface area contributed by atoms with Crippen molar-refractivity contribution in [2.45, 2.75) is 336 Å². The van der Waals surface area contributed by atoms with Crippen molar-refractivity contribution in [3.63, 3.8) is 0 Å². The third-order valence-electron chi connectivity index (χ3n) is 24.1. The van der Waals surface area contributed by atoms with Crippen molar-refractivity contribution >= 4 is 5.97 Å². The number of hydrogen-bond acceptors (Lipinski definition) is 48. The predicted octanol–water partition coefficient (Wildman–Crippen LogP) is -16.9. The quantitative estimate of drug-likeness (QED) is 0.0287. The van der Waals surface area contributed by atoms with Crippen LogP contribution in [0.2, 0.25) is 0 Å². The molecule has 0 aromatic rings. The van der Waals surface area contributed by atoms with Gasteiger partial charge >= 0.3 is 5.97 Å². The molecule has 0 aliphatic carbocycles. The number of rotatable bonds is 31. The molecule has 10 aliphatic rings. The number of aliphatic hydroxyl groups excluding tert-OH is 27. The topological polar surface area (TPSA) is 785 Å². The zero-order chi connectivity index (χ0) is 87.0. The van der Waals surface area contributed by atoms with E-state index in [-0.39, 0.29) is 0 Å². The molecular weight excluding hydrogens is 1610 g/mol. The van der Waals surface area contributed by atoms with Crippen molar-refractivity contribution in [1.82, 2.24) is 0 Å². The maximum atomic E-state index is 12.8. The molecule has 0 radical (unpaired) electrons. The normalized spacial score (nSPS) is 52.1. The zero-order valence-electron chi connectivity index (χ0n) is 64.8. The lowest BCUT2D eigenvalue weighted by Crippen LogP contribution is -2.68. The van der Waals surface area contributed by atoms with E-state index in [1.54, 1.807) is 13.8 Å². The van der Waals surface area contributed by atoms with Crippen molar-refractivity contribution in [3.8, 4) is 0 Å². The summed E-state index contributed by atoms with van der Waals surface area (Å²) in [5.41, 5.74) is 5.95. The molecule has 10 aliphatic heterocycles. The standard InChI is InChI=1S/C69H119NO48/c1-17-21(5)101-28(12-75)51(35(17)81)110-60-18(2)36(82)54(31(15-78)106-60)113-65-50(96)56(43(89)32(109-65)16-100-66-57(46(92)41(87)26(10-73)104-66)115-61-19(3)38(84)53(30(14-77)107-61)112-64-49(95)45(91)40(86)25(9-72)103-64)114-67-58(47(93)42(88)27(11-74)105-67)116-62-20(4)37(83)52(29(13-76)108-62)111-63-48(94)44(90)33(22(6)102-63)59(97)118-69(68(98)99)7-23(79)34(70)55(117-69)39(85)24(80)8-71/h17-67,71-97H,7-16,70H2,1-6H3,(H,98,99)/t17-,18+,19?,20+,21+,22?,23-,24-,25?,26?,27-,28?,29?,30+,31?,32?,33+,34-,35?,36?,37?,38?,39?,40+,41-,42-,43-,44+,45?,46?,47?,48+,49+,50-,51-,52-,53-,54-,55?,56?,57-,58?,59?,60+,61+,62+,63?,64+,65+,66+,67-,69+/m1/s1. The van der Waals surface area contributed by atoms with Crippen molar-refractivity contribution in [2.24, 2.45) is 35.3 Å². The molecule has 118 heavy (non-hydrogen) atoms. The Labute approximate surface area is 672 Å². The molecule has 0 aromatic heterocycles. The van der Waals surface area contributed by atoms with E-state index in [2.05, 4.69) is 0 Å². The van der Waals surface area contributed by atoms with Gasteiger partial charge in [-0.25, -0.2) is 4.79 Å². The van der Waals surface area contributed by atoms with Crippen molar-refractivity contribution < 1.29 is 238 Å². The fourth-order valence-electron chi connectivity index (χ4n) is 16.3. The van der Waals surface area contributed by atoms with Crippen LogP contribution in [0.3, 0.4) is 0 Å². The summed E-state index contributed by atoms with van der Waals surface area (Å²) >= 11 is 0. The van der Waals surface area contributed by atoms with Gasteiger partial charge in [0.1, 0.15) is 171 Å². The van der Waals surface area contributed by atoms with Crippen LogP contribution in [0.25, 0.3) is 0 Å². The third kappa shape index (κ3) is 20.1. The minimum Gasteiger partial charge on any atom is -0.477 e. The van der Waals surface area contributed by atoms with Crippen LogP contribution in [0.4, 0.5) is 0 Å². The number of aliphatic hydroxyl groups is 27. The summed E-state index contributed by atoms with van der Waals surface area (Å²) in [6, 6.07) is -1.59. The van der Waals surface area contributed by atoms with Crippen LogP contribution < -0.4 is 5.73 Å². The third-order valence-corrected chi connectivity index (χ3v) is 24.1. The summed E-state index contributed by atoms with van der Waals surface area (Å²) in [4.78, 5) is 12.8.